The normalized spacial score (nSPS) is 32.5. The van der Waals surface area contributed by atoms with Gasteiger partial charge in [-0.05, 0) is 79.4 Å². The van der Waals surface area contributed by atoms with Crippen LogP contribution in [-0.2, 0) is 11.0 Å². The van der Waals surface area contributed by atoms with E-state index in [0.29, 0.717) is 23.1 Å². The lowest BCUT2D eigenvalue weighted by Gasteiger charge is -2.76. The number of halogens is 3. The van der Waals surface area contributed by atoms with Crippen molar-refractivity contribution in [1.29, 1.82) is 0 Å². The van der Waals surface area contributed by atoms with Crippen LogP contribution >= 0.6 is 0 Å². The van der Waals surface area contributed by atoms with Crippen LogP contribution in [0.15, 0.2) is 24.3 Å². The molecule has 1 spiro atoms. The number of carbonyl (C=O) groups excluding carboxylic acids is 1. The molecule has 7 aliphatic rings. The number of amides is 2. The number of aromatic nitrogens is 3. The summed E-state index contributed by atoms with van der Waals surface area (Å²) in [5, 5.41) is 17.4. The summed E-state index contributed by atoms with van der Waals surface area (Å²) in [6, 6.07) is 6.50. The summed E-state index contributed by atoms with van der Waals surface area (Å²) in [4.78, 5) is 21.5. The summed E-state index contributed by atoms with van der Waals surface area (Å²) >= 11 is 0. The highest BCUT2D eigenvalue weighted by Gasteiger charge is 2.72. The number of rotatable bonds is 5. The molecule has 0 unspecified atom stereocenters. The highest BCUT2D eigenvalue weighted by Crippen LogP contribution is 2.77. The van der Waals surface area contributed by atoms with Gasteiger partial charge in [-0.25, -0.2) is 9.78 Å². The van der Waals surface area contributed by atoms with Crippen LogP contribution in [0, 0.1) is 16.7 Å². The molecule has 2 aliphatic heterocycles. The zero-order valence-electron chi connectivity index (χ0n) is 20.9. The van der Waals surface area contributed by atoms with E-state index in [9.17, 15) is 23.1 Å². The number of ether oxygens (including phenoxy) is 1. The molecule has 2 amide bonds. The SMILES string of the molecule is O=C(N1CC(C23CC(c4ccc(OC(F)(F)F)cc4)(C2)C3)C1)N1CC2(CC(c3nc(C4(O)CC4)n[nH]3)C2)C1. The van der Waals surface area contributed by atoms with E-state index >= 15 is 0 Å². The van der Waals surface area contributed by atoms with Crippen molar-refractivity contribution in [3.8, 4) is 5.75 Å². The fourth-order valence-electron chi connectivity index (χ4n) is 8.18. The van der Waals surface area contributed by atoms with Gasteiger partial charge in [0.1, 0.15) is 17.2 Å². The second-order valence-corrected chi connectivity index (χ2v) is 13.2. The van der Waals surface area contributed by atoms with Crippen LogP contribution in [0.25, 0.3) is 0 Å². The van der Waals surface area contributed by atoms with Crippen LogP contribution in [0.5, 0.6) is 5.75 Å². The predicted molar refractivity (Wildman–Crippen MR) is 127 cm³/mol. The van der Waals surface area contributed by atoms with E-state index in [-0.39, 0.29) is 22.6 Å². The summed E-state index contributed by atoms with van der Waals surface area (Å²) < 4.78 is 41.2. The number of alkyl halides is 3. The van der Waals surface area contributed by atoms with Crippen LogP contribution < -0.4 is 4.74 Å². The summed E-state index contributed by atoms with van der Waals surface area (Å²) in [6.07, 6.45) is 1.96. The molecular weight excluding hydrogens is 499 g/mol. The van der Waals surface area contributed by atoms with Crippen LogP contribution in [-0.4, -0.2) is 68.7 Å². The first-order chi connectivity index (χ1) is 18.0. The number of aliphatic hydroxyl groups is 1. The van der Waals surface area contributed by atoms with Crippen LogP contribution in [0.1, 0.15) is 68.1 Å². The standard InChI is InChI=1S/C27H30F3N5O3/c28-27(29,30)38-19-3-1-17(2-4-19)24-11-25(12-24,13-24)18-9-34(10-18)22(36)35-14-23(15-35)7-16(8-23)20-31-21(33-32-20)26(37)5-6-26/h1-4,16,18,37H,5-15H2,(H,31,32,33). The third-order valence-electron chi connectivity index (χ3n) is 10.5. The van der Waals surface area contributed by atoms with Crippen LogP contribution in [0.4, 0.5) is 18.0 Å². The Bertz CT molecular complexity index is 1280. The lowest BCUT2D eigenvalue weighted by molar-refractivity contribution is -0.274. The second-order valence-electron chi connectivity index (χ2n) is 13.2. The number of aromatic amines is 1. The van der Waals surface area contributed by atoms with Crippen molar-refractivity contribution in [2.75, 3.05) is 26.2 Å². The highest BCUT2D eigenvalue weighted by atomic mass is 19.4. The summed E-state index contributed by atoms with van der Waals surface area (Å²) in [5.74, 6) is 2.05. The molecule has 8 nitrogen and oxygen atoms in total. The molecule has 2 N–H and O–H groups in total. The van der Waals surface area contributed by atoms with Crippen molar-refractivity contribution in [1.82, 2.24) is 25.0 Å². The van der Waals surface area contributed by atoms with Gasteiger partial charge in [0.25, 0.3) is 0 Å². The van der Waals surface area contributed by atoms with Crippen molar-refractivity contribution >= 4 is 6.03 Å². The minimum absolute atomic E-state index is 0.0898. The molecule has 7 fully saturated rings. The zero-order chi connectivity index (χ0) is 26.1. The predicted octanol–water partition coefficient (Wildman–Crippen LogP) is 4.04. The Balaban J connectivity index is 0.792. The Kier molecular flexibility index (Phi) is 4.27. The maximum Gasteiger partial charge on any atom is 0.573 e. The largest absolute Gasteiger partial charge is 0.573 e. The topological polar surface area (TPSA) is 94.6 Å². The molecule has 38 heavy (non-hydrogen) atoms. The quantitative estimate of drug-likeness (QED) is 0.610. The van der Waals surface area contributed by atoms with E-state index in [1.807, 2.05) is 9.80 Å². The number of nitrogens with zero attached hydrogens (tertiary/aromatic N) is 4. The van der Waals surface area contributed by atoms with E-state index in [0.717, 1.165) is 82.5 Å². The van der Waals surface area contributed by atoms with E-state index in [1.54, 1.807) is 12.1 Å². The van der Waals surface area contributed by atoms with E-state index in [4.69, 9.17) is 0 Å². The molecule has 2 saturated heterocycles. The fraction of sp³-hybridized carbons (Fsp3) is 0.667. The molecule has 2 aromatic rings. The highest BCUT2D eigenvalue weighted by molar-refractivity contribution is 5.76. The number of hydrogen-bond donors (Lipinski definition) is 2. The molecule has 3 heterocycles. The van der Waals surface area contributed by atoms with E-state index in [2.05, 4.69) is 19.9 Å². The average molecular weight is 530 g/mol. The molecule has 9 rings (SSSR count). The number of benzene rings is 1. The molecular formula is C27H30F3N5O3. The average Bonchev–Trinajstić information content (AvgIpc) is 3.26. The molecule has 202 valence electrons. The number of hydrogen-bond acceptors (Lipinski definition) is 5. The van der Waals surface area contributed by atoms with Crippen LogP contribution in [0.2, 0.25) is 0 Å². The molecule has 1 aromatic heterocycles. The Labute approximate surface area is 217 Å². The molecule has 1 aromatic carbocycles. The van der Waals surface area contributed by atoms with Gasteiger partial charge in [-0.15, -0.1) is 13.2 Å². The number of H-pyrrole nitrogens is 1. The number of carbonyl (C=O) groups is 1. The van der Waals surface area contributed by atoms with Gasteiger partial charge in [-0.2, -0.15) is 5.10 Å². The first kappa shape index (κ1) is 23.1. The van der Waals surface area contributed by atoms with Crippen molar-refractivity contribution in [2.24, 2.45) is 16.7 Å². The lowest BCUT2D eigenvalue weighted by atomic mass is 9.30. The Morgan fingerprint density at radius 1 is 1.05 bits per heavy atom. The molecule has 5 aliphatic carbocycles. The number of nitrogens with one attached hydrogen (secondary N) is 1. The monoisotopic (exact) mass is 529 g/mol. The zero-order valence-corrected chi connectivity index (χ0v) is 20.9. The van der Waals surface area contributed by atoms with E-state index < -0.39 is 12.0 Å². The molecule has 2 bridgehead atoms. The van der Waals surface area contributed by atoms with Gasteiger partial charge >= 0.3 is 12.4 Å². The molecule has 0 radical (unpaired) electrons. The van der Waals surface area contributed by atoms with Crippen molar-refractivity contribution in [2.45, 2.75) is 68.2 Å². The maximum absolute atomic E-state index is 13.0. The second kappa shape index (κ2) is 7.03. The third-order valence-corrected chi connectivity index (χ3v) is 10.5. The van der Waals surface area contributed by atoms with Crippen molar-refractivity contribution in [3.05, 3.63) is 41.5 Å². The van der Waals surface area contributed by atoms with Gasteiger partial charge in [0.05, 0.1) is 0 Å². The lowest BCUT2D eigenvalue weighted by Crippen LogP contribution is -2.74. The summed E-state index contributed by atoms with van der Waals surface area (Å²) in [6.45, 7) is 3.22. The number of urea groups is 1. The minimum atomic E-state index is -4.67. The summed E-state index contributed by atoms with van der Waals surface area (Å²) in [5.41, 5.74) is 0.863. The molecule has 5 saturated carbocycles. The fourth-order valence-corrected chi connectivity index (χ4v) is 8.18. The first-order valence-electron chi connectivity index (χ1n) is 13.5. The molecule has 11 heteroatoms. The Morgan fingerprint density at radius 3 is 2.32 bits per heavy atom. The van der Waals surface area contributed by atoms with Crippen molar-refractivity contribution in [3.63, 3.8) is 0 Å². The van der Waals surface area contributed by atoms with Gasteiger partial charge < -0.3 is 19.6 Å². The first-order valence-corrected chi connectivity index (χ1v) is 13.5. The number of likely N-dealkylation sites (tertiary alicyclic amines) is 2. The minimum Gasteiger partial charge on any atom is -0.406 e. The van der Waals surface area contributed by atoms with Crippen molar-refractivity contribution < 1.29 is 27.8 Å². The van der Waals surface area contributed by atoms with Gasteiger partial charge in [-0.3, -0.25) is 5.10 Å². The van der Waals surface area contributed by atoms with Gasteiger partial charge in [0, 0.05) is 37.5 Å². The van der Waals surface area contributed by atoms with Gasteiger partial charge in [0.15, 0.2) is 5.82 Å². The third kappa shape index (κ3) is 3.29. The maximum atomic E-state index is 13.0. The Morgan fingerprint density at radius 2 is 1.71 bits per heavy atom. The molecule has 0 atom stereocenters. The van der Waals surface area contributed by atoms with Gasteiger partial charge in [0.2, 0.25) is 0 Å². The van der Waals surface area contributed by atoms with E-state index in [1.165, 1.54) is 12.1 Å². The Hall–Kier alpha value is -2.82. The summed E-state index contributed by atoms with van der Waals surface area (Å²) in [7, 11) is 0. The smallest absolute Gasteiger partial charge is 0.406 e. The van der Waals surface area contributed by atoms with Gasteiger partial charge in [-0.1, -0.05) is 12.1 Å². The van der Waals surface area contributed by atoms with Crippen LogP contribution in [0.3, 0.4) is 0 Å².